The molecule has 1 heterocycles. The van der Waals surface area contributed by atoms with Crippen LogP contribution in [0.3, 0.4) is 0 Å². The molecule has 0 saturated carbocycles. The molecule has 176 valence electrons. The molecule has 11 N–H and O–H groups in total. The molecular weight excluding hydrogens is 414 g/mol. The molecule has 0 aromatic carbocycles. The number of likely N-dealkylation sites (tertiary alicyclic amines) is 1. The predicted octanol–water partition coefficient (Wildman–Crippen LogP) is -4.60. The van der Waals surface area contributed by atoms with Crippen molar-refractivity contribution in [2.45, 2.75) is 49.9 Å². The van der Waals surface area contributed by atoms with Gasteiger partial charge in [-0.05, 0) is 25.7 Å². The molecule has 1 aliphatic rings. The van der Waals surface area contributed by atoms with Crippen molar-refractivity contribution < 1.29 is 34.5 Å². The number of nitrogens with two attached hydrogens (primary N) is 3. The first-order valence-corrected chi connectivity index (χ1v) is 9.79. The smallest absolute Gasteiger partial charge is 0.328 e. The van der Waals surface area contributed by atoms with Crippen molar-refractivity contribution in [3.63, 3.8) is 0 Å². The van der Waals surface area contributed by atoms with Crippen LogP contribution < -0.4 is 27.8 Å². The molecule has 31 heavy (non-hydrogen) atoms. The summed E-state index contributed by atoms with van der Waals surface area (Å²) in [6.07, 6.45) is 1.24. The van der Waals surface area contributed by atoms with Gasteiger partial charge in [-0.15, -0.1) is 0 Å². The van der Waals surface area contributed by atoms with Crippen molar-refractivity contribution >= 4 is 29.7 Å². The Labute approximate surface area is 178 Å². The van der Waals surface area contributed by atoms with E-state index in [9.17, 15) is 19.2 Å². The van der Waals surface area contributed by atoms with Crippen LogP contribution >= 0.6 is 0 Å². The van der Waals surface area contributed by atoms with Crippen LogP contribution in [0.15, 0.2) is 4.99 Å². The van der Waals surface area contributed by atoms with Crippen LogP contribution in [0.1, 0.15) is 25.7 Å². The molecule has 3 amide bonds. The fraction of sp³-hybridized carbons (Fsp3) is 0.706. The number of carboxylic acid groups (broad SMARTS) is 1. The van der Waals surface area contributed by atoms with Gasteiger partial charge in [-0.2, -0.15) is 0 Å². The van der Waals surface area contributed by atoms with E-state index < -0.39 is 61.1 Å². The van der Waals surface area contributed by atoms with Gasteiger partial charge in [0.05, 0.1) is 13.2 Å². The average Bonchev–Trinajstić information content (AvgIpc) is 3.22. The van der Waals surface area contributed by atoms with E-state index in [0.717, 1.165) is 0 Å². The van der Waals surface area contributed by atoms with Gasteiger partial charge < -0.3 is 48.1 Å². The first-order chi connectivity index (χ1) is 14.6. The minimum absolute atomic E-state index is 0.0724. The molecule has 14 nitrogen and oxygen atoms in total. The van der Waals surface area contributed by atoms with E-state index in [4.69, 9.17) is 32.5 Å². The van der Waals surface area contributed by atoms with Crippen molar-refractivity contribution in [2.24, 2.45) is 22.2 Å². The van der Waals surface area contributed by atoms with Crippen molar-refractivity contribution in [1.29, 1.82) is 0 Å². The minimum Gasteiger partial charge on any atom is -0.480 e. The van der Waals surface area contributed by atoms with Crippen LogP contribution in [0, 0.1) is 0 Å². The third-order valence-electron chi connectivity index (χ3n) is 4.73. The molecule has 0 bridgehead atoms. The lowest BCUT2D eigenvalue weighted by Gasteiger charge is -2.28. The van der Waals surface area contributed by atoms with Gasteiger partial charge in [0, 0.05) is 13.1 Å². The number of aliphatic carboxylic acids is 1. The topological polar surface area (TPSA) is 247 Å². The van der Waals surface area contributed by atoms with E-state index in [1.54, 1.807) is 0 Å². The van der Waals surface area contributed by atoms with E-state index in [1.807, 2.05) is 0 Å². The first kappa shape index (κ1) is 26.1. The van der Waals surface area contributed by atoms with Crippen LogP contribution in [0.4, 0.5) is 0 Å². The van der Waals surface area contributed by atoms with Crippen molar-refractivity contribution in [2.75, 3.05) is 26.3 Å². The van der Waals surface area contributed by atoms with Gasteiger partial charge in [0.25, 0.3) is 0 Å². The summed E-state index contributed by atoms with van der Waals surface area (Å²) in [5.41, 5.74) is 16.1. The molecule has 1 rings (SSSR count). The van der Waals surface area contributed by atoms with Crippen LogP contribution in [-0.2, 0) is 19.2 Å². The number of hydrogen-bond acceptors (Lipinski definition) is 8. The Hall–Kier alpha value is -2.97. The summed E-state index contributed by atoms with van der Waals surface area (Å²) in [5, 5.41) is 31.9. The Balaban J connectivity index is 2.89. The lowest BCUT2D eigenvalue weighted by Crippen LogP contribution is -2.57. The Morgan fingerprint density at radius 1 is 1.10 bits per heavy atom. The third kappa shape index (κ3) is 7.99. The highest BCUT2D eigenvalue weighted by Gasteiger charge is 2.37. The monoisotopic (exact) mass is 445 g/mol. The second-order valence-electron chi connectivity index (χ2n) is 7.07. The fourth-order valence-electron chi connectivity index (χ4n) is 3.09. The van der Waals surface area contributed by atoms with Crippen LogP contribution in [0.25, 0.3) is 0 Å². The Morgan fingerprint density at radius 3 is 2.32 bits per heavy atom. The predicted molar refractivity (Wildman–Crippen MR) is 108 cm³/mol. The minimum atomic E-state index is -1.54. The first-order valence-electron chi connectivity index (χ1n) is 9.79. The van der Waals surface area contributed by atoms with Gasteiger partial charge in [-0.1, -0.05) is 0 Å². The Kier molecular flexibility index (Phi) is 10.6. The summed E-state index contributed by atoms with van der Waals surface area (Å²) in [7, 11) is 0. The van der Waals surface area contributed by atoms with Gasteiger partial charge in [0.15, 0.2) is 5.96 Å². The third-order valence-corrected chi connectivity index (χ3v) is 4.73. The number of carbonyl (C=O) groups excluding carboxylic acids is 3. The van der Waals surface area contributed by atoms with Gasteiger partial charge >= 0.3 is 5.97 Å². The van der Waals surface area contributed by atoms with Crippen molar-refractivity contribution in [1.82, 2.24) is 15.5 Å². The second kappa shape index (κ2) is 12.7. The fourth-order valence-corrected chi connectivity index (χ4v) is 3.09. The number of guanidine groups is 1. The number of carboxylic acids is 1. The van der Waals surface area contributed by atoms with E-state index in [0.29, 0.717) is 12.8 Å². The number of amides is 3. The zero-order valence-electron chi connectivity index (χ0n) is 17.1. The Bertz CT molecular complexity index is 684. The number of aliphatic hydroxyl groups is 2. The highest BCUT2D eigenvalue weighted by atomic mass is 16.4. The van der Waals surface area contributed by atoms with Gasteiger partial charge in [-0.25, -0.2) is 4.79 Å². The second-order valence-corrected chi connectivity index (χ2v) is 7.07. The van der Waals surface area contributed by atoms with Crippen LogP contribution in [0.2, 0.25) is 0 Å². The van der Waals surface area contributed by atoms with Gasteiger partial charge in [0.1, 0.15) is 24.2 Å². The van der Waals surface area contributed by atoms with E-state index in [1.165, 1.54) is 4.90 Å². The van der Waals surface area contributed by atoms with Crippen molar-refractivity contribution in [3.05, 3.63) is 0 Å². The van der Waals surface area contributed by atoms with Gasteiger partial charge in [0.2, 0.25) is 17.7 Å². The molecule has 1 saturated heterocycles. The Morgan fingerprint density at radius 2 is 1.77 bits per heavy atom. The van der Waals surface area contributed by atoms with Gasteiger partial charge in [-0.3, -0.25) is 19.4 Å². The highest BCUT2D eigenvalue weighted by molar-refractivity contribution is 5.94. The van der Waals surface area contributed by atoms with E-state index in [2.05, 4.69) is 15.6 Å². The zero-order chi connectivity index (χ0) is 23.6. The van der Waals surface area contributed by atoms with E-state index >= 15 is 0 Å². The summed E-state index contributed by atoms with van der Waals surface area (Å²) in [6.45, 7) is -0.960. The lowest BCUT2D eigenvalue weighted by atomic mass is 10.1. The van der Waals surface area contributed by atoms with Crippen molar-refractivity contribution in [3.8, 4) is 0 Å². The molecule has 1 fully saturated rings. The summed E-state index contributed by atoms with van der Waals surface area (Å²) in [4.78, 5) is 53.8. The molecule has 0 radical (unpaired) electrons. The maximum absolute atomic E-state index is 12.8. The number of aliphatic imine (C=N–C) groups is 1. The van der Waals surface area contributed by atoms with E-state index in [-0.39, 0.29) is 31.9 Å². The number of carbonyl (C=O) groups is 4. The zero-order valence-corrected chi connectivity index (χ0v) is 17.1. The molecule has 0 spiro atoms. The molecule has 14 heteroatoms. The number of rotatable bonds is 12. The van der Waals surface area contributed by atoms with Crippen LogP contribution in [-0.4, -0.2) is 100 Å². The molecule has 0 aliphatic carbocycles. The molecule has 4 unspecified atom stereocenters. The maximum Gasteiger partial charge on any atom is 0.328 e. The molecule has 4 atom stereocenters. The number of aliphatic hydroxyl groups excluding tert-OH is 2. The average molecular weight is 445 g/mol. The summed E-state index contributed by atoms with van der Waals surface area (Å²) >= 11 is 0. The standard InChI is InChI=1S/C17H31N7O7/c18-9(7-25)15(29)24-6-2-4-12(24)14(28)22-10(3-1-5-21-17(19)20)13(27)23-11(8-26)16(30)31/h9-12,25-26H,1-8,18H2,(H,22,28)(H,23,27)(H,30,31)(H4,19,20,21). The quantitative estimate of drug-likeness (QED) is 0.0810. The SMILES string of the molecule is NC(N)=NCCCC(NC(=O)C1CCCN1C(=O)C(N)CO)C(=O)NC(CO)C(=O)O. The molecule has 0 aromatic heterocycles. The maximum atomic E-state index is 12.8. The summed E-state index contributed by atoms with van der Waals surface area (Å²) in [6, 6.07) is -4.74. The number of nitrogens with zero attached hydrogens (tertiary/aromatic N) is 2. The normalized spacial score (nSPS) is 18.5. The lowest BCUT2D eigenvalue weighted by molar-refractivity contribution is -0.144. The number of hydrogen-bond donors (Lipinski definition) is 8. The number of nitrogens with one attached hydrogen (secondary N) is 2. The summed E-state index contributed by atoms with van der Waals surface area (Å²) in [5.74, 6) is -3.60. The highest BCUT2D eigenvalue weighted by Crippen LogP contribution is 2.18. The van der Waals surface area contributed by atoms with Crippen LogP contribution in [0.5, 0.6) is 0 Å². The molecule has 1 aliphatic heterocycles. The molecular formula is C17H31N7O7. The molecule has 0 aromatic rings. The summed E-state index contributed by atoms with van der Waals surface area (Å²) < 4.78 is 0. The largest absolute Gasteiger partial charge is 0.480 e.